The van der Waals surface area contributed by atoms with Crippen molar-refractivity contribution in [1.82, 2.24) is 0 Å². The summed E-state index contributed by atoms with van der Waals surface area (Å²) in [5.41, 5.74) is 8.57. The molecule has 0 aromatic heterocycles. The molecule has 0 bridgehead atoms. The average molecular weight is 485 g/mol. The molecule has 190 valence electrons. The fourth-order valence-corrected chi connectivity index (χ4v) is 6.84. The molecular formula is C33H40O3. The summed E-state index contributed by atoms with van der Waals surface area (Å²) in [5, 5.41) is 33.5. The Kier molecular flexibility index (Phi) is 7.01. The molecular weight excluding hydrogens is 444 g/mol. The van der Waals surface area contributed by atoms with Crippen LogP contribution < -0.4 is 0 Å². The second kappa shape index (κ2) is 10.2. The van der Waals surface area contributed by atoms with Gasteiger partial charge in [0.15, 0.2) is 0 Å². The zero-order valence-electron chi connectivity index (χ0n) is 22.0. The van der Waals surface area contributed by atoms with Crippen molar-refractivity contribution in [2.24, 2.45) is 0 Å². The first-order valence-corrected chi connectivity index (χ1v) is 13.9. The molecule has 3 nitrogen and oxygen atoms in total. The lowest BCUT2D eigenvalue weighted by atomic mass is 9.79. The van der Waals surface area contributed by atoms with Gasteiger partial charge < -0.3 is 15.3 Å². The fraction of sp³-hybridized carbons (Fsp3) is 0.455. The van der Waals surface area contributed by atoms with E-state index < -0.39 is 0 Å². The molecule has 36 heavy (non-hydrogen) atoms. The highest BCUT2D eigenvalue weighted by atomic mass is 16.3. The Morgan fingerprint density at radius 3 is 1.42 bits per heavy atom. The Hall–Kier alpha value is -2.94. The molecule has 3 N–H and O–H groups in total. The predicted octanol–water partition coefficient (Wildman–Crippen LogP) is 9.16. The van der Waals surface area contributed by atoms with Crippen molar-refractivity contribution in [1.29, 1.82) is 0 Å². The molecule has 0 unspecified atom stereocenters. The highest BCUT2D eigenvalue weighted by molar-refractivity contribution is 5.94. The lowest BCUT2D eigenvalue weighted by molar-refractivity contribution is 0.440. The van der Waals surface area contributed by atoms with E-state index in [0.29, 0.717) is 23.0 Å². The minimum absolute atomic E-state index is 0.128. The van der Waals surface area contributed by atoms with Gasteiger partial charge >= 0.3 is 0 Å². The van der Waals surface area contributed by atoms with E-state index in [0.717, 1.165) is 27.8 Å². The van der Waals surface area contributed by atoms with Crippen LogP contribution in [0.25, 0.3) is 22.3 Å². The van der Waals surface area contributed by atoms with Crippen LogP contribution in [0.15, 0.2) is 36.4 Å². The average Bonchev–Trinajstić information content (AvgIpc) is 2.87. The summed E-state index contributed by atoms with van der Waals surface area (Å²) in [4.78, 5) is 0. The van der Waals surface area contributed by atoms with Crippen LogP contribution in [-0.2, 0) is 0 Å². The molecule has 2 aliphatic carbocycles. The van der Waals surface area contributed by atoms with Crippen LogP contribution in [-0.4, -0.2) is 15.3 Å². The van der Waals surface area contributed by atoms with Gasteiger partial charge in [0, 0.05) is 16.7 Å². The van der Waals surface area contributed by atoms with Crippen molar-refractivity contribution in [2.75, 3.05) is 0 Å². The van der Waals surface area contributed by atoms with E-state index in [4.69, 9.17) is 0 Å². The Balaban J connectivity index is 1.70. The number of aryl methyl sites for hydroxylation is 3. The Morgan fingerprint density at radius 2 is 0.944 bits per heavy atom. The highest BCUT2D eigenvalue weighted by Crippen LogP contribution is 2.49. The Labute approximate surface area is 215 Å². The molecule has 2 fully saturated rings. The number of hydrogen-bond donors (Lipinski definition) is 3. The standard InChI is InChI=1S/C33H40O3/c1-20-14-15-29(34)33(28-19-26(22(3)17-31(28)36)24-12-8-5-9-13-24)32(20)27-18-25(21(2)16-30(27)35)23-10-6-4-7-11-23/h14-19,23-24,34-36H,4-13H2,1-3H3. The topological polar surface area (TPSA) is 60.7 Å². The third kappa shape index (κ3) is 4.61. The second-order valence-electron chi connectivity index (χ2n) is 11.3. The molecule has 3 aromatic carbocycles. The second-order valence-corrected chi connectivity index (χ2v) is 11.3. The molecule has 3 aromatic rings. The third-order valence-corrected chi connectivity index (χ3v) is 8.79. The van der Waals surface area contributed by atoms with Gasteiger partial charge in [-0.3, -0.25) is 0 Å². The predicted molar refractivity (Wildman–Crippen MR) is 148 cm³/mol. The number of benzene rings is 3. The van der Waals surface area contributed by atoms with Crippen molar-refractivity contribution in [3.05, 3.63) is 64.2 Å². The summed E-state index contributed by atoms with van der Waals surface area (Å²) in [6.07, 6.45) is 12.3. The van der Waals surface area contributed by atoms with Crippen LogP contribution >= 0.6 is 0 Å². The minimum Gasteiger partial charge on any atom is -0.507 e. The molecule has 3 heteroatoms. The normalized spacial score (nSPS) is 17.4. The third-order valence-electron chi connectivity index (χ3n) is 8.79. The molecule has 0 saturated heterocycles. The van der Waals surface area contributed by atoms with Gasteiger partial charge in [-0.1, -0.05) is 44.6 Å². The largest absolute Gasteiger partial charge is 0.507 e. The molecule has 0 atom stereocenters. The minimum atomic E-state index is 0.128. The fourth-order valence-electron chi connectivity index (χ4n) is 6.84. The summed E-state index contributed by atoms with van der Waals surface area (Å²) in [7, 11) is 0. The molecule has 0 aliphatic heterocycles. The molecule has 5 rings (SSSR count). The van der Waals surface area contributed by atoms with Gasteiger partial charge in [0.25, 0.3) is 0 Å². The molecule has 0 radical (unpaired) electrons. The summed E-state index contributed by atoms with van der Waals surface area (Å²) in [6.45, 7) is 6.18. The van der Waals surface area contributed by atoms with Gasteiger partial charge in [-0.05, 0) is 122 Å². The lowest BCUT2D eigenvalue weighted by Crippen LogP contribution is -2.07. The zero-order chi connectivity index (χ0) is 25.4. The van der Waals surface area contributed by atoms with E-state index in [1.807, 2.05) is 25.1 Å². The van der Waals surface area contributed by atoms with E-state index in [2.05, 4.69) is 26.0 Å². The number of phenols is 3. The van der Waals surface area contributed by atoms with E-state index in [1.54, 1.807) is 6.07 Å². The van der Waals surface area contributed by atoms with Crippen molar-refractivity contribution >= 4 is 0 Å². The van der Waals surface area contributed by atoms with E-state index in [9.17, 15) is 15.3 Å². The summed E-state index contributed by atoms with van der Waals surface area (Å²) >= 11 is 0. The van der Waals surface area contributed by atoms with Gasteiger partial charge in [0.2, 0.25) is 0 Å². The van der Waals surface area contributed by atoms with Gasteiger partial charge in [0.05, 0.1) is 0 Å². The number of aromatic hydroxyl groups is 3. The molecule has 2 aliphatic rings. The summed E-state index contributed by atoms with van der Waals surface area (Å²) < 4.78 is 0. The van der Waals surface area contributed by atoms with Crippen LogP contribution in [0.3, 0.4) is 0 Å². The van der Waals surface area contributed by atoms with Crippen molar-refractivity contribution in [3.8, 4) is 39.5 Å². The zero-order valence-corrected chi connectivity index (χ0v) is 22.0. The monoisotopic (exact) mass is 484 g/mol. The number of rotatable bonds is 4. The molecule has 0 heterocycles. The summed E-state index contributed by atoms with van der Waals surface area (Å²) in [5.74, 6) is 1.52. The maximum Gasteiger partial charge on any atom is 0.124 e. The molecule has 2 saturated carbocycles. The first kappa shape index (κ1) is 24.7. The number of phenolic OH excluding ortho intramolecular Hbond substituents is 3. The maximum absolute atomic E-state index is 11.2. The number of hydrogen-bond acceptors (Lipinski definition) is 3. The van der Waals surface area contributed by atoms with Gasteiger partial charge in [-0.15, -0.1) is 0 Å². The van der Waals surface area contributed by atoms with Crippen LogP contribution in [0, 0.1) is 20.8 Å². The first-order chi connectivity index (χ1) is 17.3. The van der Waals surface area contributed by atoms with E-state index >= 15 is 0 Å². The van der Waals surface area contributed by atoms with E-state index in [1.165, 1.54) is 75.3 Å². The lowest BCUT2D eigenvalue weighted by Gasteiger charge is -2.26. The Morgan fingerprint density at radius 1 is 0.500 bits per heavy atom. The van der Waals surface area contributed by atoms with Crippen molar-refractivity contribution in [3.63, 3.8) is 0 Å². The van der Waals surface area contributed by atoms with Crippen molar-refractivity contribution in [2.45, 2.75) is 96.8 Å². The van der Waals surface area contributed by atoms with Crippen molar-refractivity contribution < 1.29 is 15.3 Å². The van der Waals surface area contributed by atoms with Gasteiger partial charge in [0.1, 0.15) is 17.2 Å². The van der Waals surface area contributed by atoms with Crippen LogP contribution in [0.2, 0.25) is 0 Å². The first-order valence-electron chi connectivity index (χ1n) is 13.9. The molecule has 0 spiro atoms. The van der Waals surface area contributed by atoms with Gasteiger partial charge in [-0.2, -0.15) is 0 Å². The highest BCUT2D eigenvalue weighted by Gasteiger charge is 2.26. The molecule has 0 amide bonds. The van der Waals surface area contributed by atoms with E-state index in [-0.39, 0.29) is 17.2 Å². The SMILES string of the molecule is Cc1cc(O)c(-c2c(C)ccc(O)c2-c2cc(C3CCCCC3)c(C)cc2O)cc1C1CCCCC1. The smallest absolute Gasteiger partial charge is 0.124 e. The maximum atomic E-state index is 11.2. The van der Waals surface area contributed by atoms with Crippen LogP contribution in [0.5, 0.6) is 17.2 Å². The van der Waals surface area contributed by atoms with Gasteiger partial charge in [-0.25, -0.2) is 0 Å². The van der Waals surface area contributed by atoms with Crippen LogP contribution in [0.1, 0.15) is 104 Å². The Bertz CT molecular complexity index is 1160. The quantitative estimate of drug-likeness (QED) is 0.346. The van der Waals surface area contributed by atoms with Crippen LogP contribution in [0.4, 0.5) is 0 Å². The summed E-state index contributed by atoms with van der Waals surface area (Å²) in [6, 6.07) is 11.6.